The van der Waals surface area contributed by atoms with Gasteiger partial charge in [-0.1, -0.05) is 0 Å². The van der Waals surface area contributed by atoms with E-state index in [2.05, 4.69) is 5.32 Å². The molecule has 0 aromatic rings. The summed E-state index contributed by atoms with van der Waals surface area (Å²) in [5.74, 6) is -0.0429. The van der Waals surface area contributed by atoms with Crippen molar-refractivity contribution in [2.75, 3.05) is 14.1 Å². The zero-order valence-corrected chi connectivity index (χ0v) is 6.42. The van der Waals surface area contributed by atoms with Crippen molar-refractivity contribution in [3.63, 3.8) is 0 Å². The van der Waals surface area contributed by atoms with E-state index in [0.29, 0.717) is 0 Å². The molecule has 1 saturated heterocycles. The molecule has 0 spiro atoms. The molecule has 1 N–H and O–H groups in total. The fraction of sp³-hybridized carbons (Fsp3) is 0.833. The molecular weight excluding hydrogens is 132 g/mol. The lowest BCUT2D eigenvalue weighted by Gasteiger charge is -2.17. The van der Waals surface area contributed by atoms with E-state index in [1.807, 2.05) is 14.1 Å². The van der Waals surface area contributed by atoms with Gasteiger partial charge in [0.2, 0.25) is 0 Å². The molecule has 1 amide bonds. The van der Waals surface area contributed by atoms with Gasteiger partial charge in [-0.3, -0.25) is 9.69 Å². The van der Waals surface area contributed by atoms with Gasteiger partial charge in [-0.2, -0.15) is 0 Å². The molecule has 2 atom stereocenters. The zero-order valence-electron chi connectivity index (χ0n) is 6.42. The van der Waals surface area contributed by atoms with Crippen molar-refractivity contribution >= 4 is 5.91 Å². The molecule has 1 aliphatic heterocycles. The highest BCUT2D eigenvalue weighted by atomic mass is 16.5. The van der Waals surface area contributed by atoms with Gasteiger partial charge in [0.1, 0.15) is 6.10 Å². The Labute approximate surface area is 60.1 Å². The number of carbonyl (C=O) groups is 1. The van der Waals surface area contributed by atoms with Gasteiger partial charge in [0.15, 0.2) is 6.35 Å². The summed E-state index contributed by atoms with van der Waals surface area (Å²) < 4.78 is 5.20. The van der Waals surface area contributed by atoms with Gasteiger partial charge in [-0.15, -0.1) is 0 Å². The maximum Gasteiger partial charge on any atom is 0.252 e. The Morgan fingerprint density at radius 1 is 1.60 bits per heavy atom. The standard InChI is InChI=1S/C6H12N2O2/c1-4-5(9)7-6(10-4)8(2)3/h4,6H,1-3H3,(H,7,9). The molecule has 4 heteroatoms. The fourth-order valence-electron chi connectivity index (χ4n) is 0.779. The van der Waals surface area contributed by atoms with Crippen LogP contribution in [0.25, 0.3) is 0 Å². The molecule has 0 aliphatic carbocycles. The molecule has 0 bridgehead atoms. The maximum atomic E-state index is 10.8. The van der Waals surface area contributed by atoms with Gasteiger partial charge in [0.25, 0.3) is 5.91 Å². The molecule has 4 nitrogen and oxygen atoms in total. The van der Waals surface area contributed by atoms with Crippen molar-refractivity contribution in [1.82, 2.24) is 10.2 Å². The Hall–Kier alpha value is -0.610. The third kappa shape index (κ3) is 1.27. The summed E-state index contributed by atoms with van der Waals surface area (Å²) in [4.78, 5) is 12.6. The number of carbonyl (C=O) groups excluding carboxylic acids is 1. The molecule has 58 valence electrons. The largest absolute Gasteiger partial charge is 0.332 e. The highest BCUT2D eigenvalue weighted by Crippen LogP contribution is 2.06. The second-order valence-electron chi connectivity index (χ2n) is 2.60. The third-order valence-corrected chi connectivity index (χ3v) is 1.44. The van der Waals surface area contributed by atoms with Gasteiger partial charge in [0, 0.05) is 0 Å². The molecule has 1 aliphatic rings. The van der Waals surface area contributed by atoms with Crippen LogP contribution in [-0.4, -0.2) is 37.4 Å². The summed E-state index contributed by atoms with van der Waals surface area (Å²) in [5, 5.41) is 2.67. The van der Waals surface area contributed by atoms with Crippen LogP contribution in [0.1, 0.15) is 6.92 Å². The molecule has 10 heavy (non-hydrogen) atoms. The molecule has 1 rings (SSSR count). The van der Waals surface area contributed by atoms with E-state index >= 15 is 0 Å². The number of nitrogens with one attached hydrogen (secondary N) is 1. The minimum absolute atomic E-state index is 0.0429. The van der Waals surface area contributed by atoms with E-state index in [4.69, 9.17) is 4.74 Å². The van der Waals surface area contributed by atoms with Crippen molar-refractivity contribution in [1.29, 1.82) is 0 Å². The van der Waals surface area contributed by atoms with E-state index in [1.165, 1.54) is 0 Å². The average molecular weight is 144 g/mol. The molecule has 0 saturated carbocycles. The third-order valence-electron chi connectivity index (χ3n) is 1.44. The number of amides is 1. The highest BCUT2D eigenvalue weighted by molar-refractivity contribution is 5.81. The van der Waals surface area contributed by atoms with Crippen molar-refractivity contribution < 1.29 is 9.53 Å². The van der Waals surface area contributed by atoms with Crippen LogP contribution in [-0.2, 0) is 9.53 Å². The van der Waals surface area contributed by atoms with Crippen LogP contribution in [0.15, 0.2) is 0 Å². The van der Waals surface area contributed by atoms with Crippen LogP contribution in [0.4, 0.5) is 0 Å². The first-order chi connectivity index (χ1) is 4.61. The summed E-state index contributed by atoms with van der Waals surface area (Å²) in [6, 6.07) is 0. The molecule has 1 heterocycles. The summed E-state index contributed by atoms with van der Waals surface area (Å²) in [6.07, 6.45) is -0.560. The van der Waals surface area contributed by atoms with E-state index in [1.54, 1.807) is 11.8 Å². The normalized spacial score (nSPS) is 33.0. The SMILES string of the molecule is CC1OC(N(C)C)NC1=O. The lowest BCUT2D eigenvalue weighted by Crippen LogP contribution is -2.38. The minimum Gasteiger partial charge on any atom is -0.332 e. The van der Waals surface area contributed by atoms with Crippen LogP contribution < -0.4 is 5.32 Å². The highest BCUT2D eigenvalue weighted by Gasteiger charge is 2.29. The quantitative estimate of drug-likeness (QED) is 0.532. The van der Waals surface area contributed by atoms with Gasteiger partial charge in [-0.25, -0.2) is 0 Å². The molecule has 0 aromatic carbocycles. The summed E-state index contributed by atoms with van der Waals surface area (Å²) in [5.41, 5.74) is 0. The minimum atomic E-state index is -0.313. The smallest absolute Gasteiger partial charge is 0.252 e. The Kier molecular flexibility index (Phi) is 1.92. The number of hydrogen-bond donors (Lipinski definition) is 1. The summed E-state index contributed by atoms with van der Waals surface area (Å²) in [7, 11) is 3.70. The Morgan fingerprint density at radius 2 is 2.20 bits per heavy atom. The van der Waals surface area contributed by atoms with E-state index in [-0.39, 0.29) is 18.4 Å². The number of nitrogens with zero attached hydrogens (tertiary/aromatic N) is 1. The summed E-state index contributed by atoms with van der Waals surface area (Å²) >= 11 is 0. The lowest BCUT2D eigenvalue weighted by atomic mass is 10.4. The molecule has 2 unspecified atom stereocenters. The van der Waals surface area contributed by atoms with Crippen molar-refractivity contribution in [2.45, 2.75) is 19.4 Å². The maximum absolute atomic E-state index is 10.8. The molecule has 0 radical (unpaired) electrons. The predicted molar refractivity (Wildman–Crippen MR) is 36.2 cm³/mol. The topological polar surface area (TPSA) is 41.6 Å². The zero-order chi connectivity index (χ0) is 7.72. The lowest BCUT2D eigenvalue weighted by molar-refractivity contribution is -0.123. The predicted octanol–water partition coefficient (Wildman–Crippen LogP) is -0.634. The van der Waals surface area contributed by atoms with Crippen LogP contribution in [0, 0.1) is 0 Å². The average Bonchev–Trinajstić information content (AvgIpc) is 2.13. The fourth-order valence-corrected chi connectivity index (χ4v) is 0.779. The van der Waals surface area contributed by atoms with Crippen molar-refractivity contribution in [2.24, 2.45) is 0 Å². The second-order valence-corrected chi connectivity index (χ2v) is 2.60. The molecular formula is C6H12N2O2. The second kappa shape index (κ2) is 2.56. The van der Waals surface area contributed by atoms with E-state index in [0.717, 1.165) is 0 Å². The van der Waals surface area contributed by atoms with Crippen LogP contribution in [0.3, 0.4) is 0 Å². The van der Waals surface area contributed by atoms with E-state index in [9.17, 15) is 4.79 Å². The van der Waals surface area contributed by atoms with Crippen LogP contribution >= 0.6 is 0 Å². The Balaban J connectivity index is 2.49. The number of hydrogen-bond acceptors (Lipinski definition) is 3. The van der Waals surface area contributed by atoms with Crippen molar-refractivity contribution in [3.05, 3.63) is 0 Å². The molecule has 0 aromatic heterocycles. The van der Waals surface area contributed by atoms with Crippen LogP contribution in [0.2, 0.25) is 0 Å². The van der Waals surface area contributed by atoms with Crippen LogP contribution in [0.5, 0.6) is 0 Å². The van der Waals surface area contributed by atoms with E-state index < -0.39 is 0 Å². The Bertz CT molecular complexity index is 147. The van der Waals surface area contributed by atoms with Gasteiger partial charge < -0.3 is 10.1 Å². The first kappa shape index (κ1) is 7.50. The summed E-state index contributed by atoms with van der Waals surface area (Å²) in [6.45, 7) is 1.73. The first-order valence-electron chi connectivity index (χ1n) is 3.23. The van der Waals surface area contributed by atoms with Gasteiger partial charge in [-0.05, 0) is 21.0 Å². The first-order valence-corrected chi connectivity index (χ1v) is 3.23. The number of rotatable bonds is 1. The van der Waals surface area contributed by atoms with Gasteiger partial charge >= 0.3 is 0 Å². The van der Waals surface area contributed by atoms with Gasteiger partial charge in [0.05, 0.1) is 0 Å². The molecule has 1 fully saturated rings. The Morgan fingerprint density at radius 3 is 2.40 bits per heavy atom. The van der Waals surface area contributed by atoms with Crippen molar-refractivity contribution in [3.8, 4) is 0 Å². The number of ether oxygens (including phenoxy) is 1. The monoisotopic (exact) mass is 144 g/mol.